The topological polar surface area (TPSA) is 73.3 Å². The Morgan fingerprint density at radius 2 is 1.84 bits per heavy atom. The normalized spacial score (nSPS) is 14.8. The maximum absolute atomic E-state index is 6.05. The van der Waals surface area contributed by atoms with E-state index in [1.807, 2.05) is 18.2 Å². The lowest BCUT2D eigenvalue weighted by atomic mass is 10.1. The zero-order valence-corrected chi connectivity index (χ0v) is 19.4. The second kappa shape index (κ2) is 12.9. The van der Waals surface area contributed by atoms with Crippen molar-refractivity contribution in [1.29, 1.82) is 0 Å². The molecule has 0 aliphatic carbocycles. The molecule has 1 aliphatic heterocycles. The van der Waals surface area contributed by atoms with Crippen LogP contribution < -0.4 is 20.1 Å². The Morgan fingerprint density at radius 3 is 2.59 bits per heavy atom. The van der Waals surface area contributed by atoms with Crippen molar-refractivity contribution < 1.29 is 18.9 Å². The zero-order valence-electron chi connectivity index (χ0n) is 19.4. The smallest absolute Gasteiger partial charge is 0.191 e. The number of ether oxygens (including phenoxy) is 4. The number of nitrogens with one attached hydrogen (secondary N) is 2. The van der Waals surface area contributed by atoms with E-state index in [-0.39, 0.29) is 0 Å². The van der Waals surface area contributed by atoms with Crippen LogP contribution in [0.1, 0.15) is 36.5 Å². The Labute approximate surface area is 191 Å². The fraction of sp³-hybridized carbons (Fsp3) is 0.480. The predicted molar refractivity (Wildman–Crippen MR) is 126 cm³/mol. The van der Waals surface area contributed by atoms with Gasteiger partial charge in [0.25, 0.3) is 0 Å². The molecular formula is C25H35N3O4. The van der Waals surface area contributed by atoms with Crippen LogP contribution in [0.2, 0.25) is 0 Å². The number of rotatable bonds is 10. The van der Waals surface area contributed by atoms with Gasteiger partial charge in [-0.3, -0.25) is 0 Å². The molecule has 0 saturated carbocycles. The Bertz CT molecular complexity index is 866. The van der Waals surface area contributed by atoms with Gasteiger partial charge in [0.05, 0.1) is 33.5 Å². The van der Waals surface area contributed by atoms with Crippen LogP contribution in [0.4, 0.5) is 0 Å². The molecular weight excluding hydrogens is 406 g/mol. The summed E-state index contributed by atoms with van der Waals surface area (Å²) < 4.78 is 22.2. The summed E-state index contributed by atoms with van der Waals surface area (Å²) in [5, 5.41) is 6.69. The van der Waals surface area contributed by atoms with Crippen molar-refractivity contribution in [2.75, 3.05) is 34.0 Å². The summed E-state index contributed by atoms with van der Waals surface area (Å²) in [6.07, 6.45) is 2.24. The quantitative estimate of drug-likeness (QED) is 0.433. The fourth-order valence-corrected chi connectivity index (χ4v) is 3.56. The number of methoxy groups -OCH3 is 2. The molecule has 7 nitrogen and oxygen atoms in total. The van der Waals surface area contributed by atoms with E-state index in [4.69, 9.17) is 23.9 Å². The first kappa shape index (κ1) is 23.9. The van der Waals surface area contributed by atoms with Crippen molar-refractivity contribution in [3.8, 4) is 11.5 Å². The highest BCUT2D eigenvalue weighted by Gasteiger charge is 2.14. The van der Waals surface area contributed by atoms with Gasteiger partial charge >= 0.3 is 0 Å². The van der Waals surface area contributed by atoms with Crippen molar-refractivity contribution >= 4 is 5.96 Å². The summed E-state index contributed by atoms with van der Waals surface area (Å²) in [5.41, 5.74) is 3.36. The summed E-state index contributed by atoms with van der Waals surface area (Å²) in [5.74, 6) is 2.31. The minimum absolute atomic E-state index is 0.296. The van der Waals surface area contributed by atoms with Crippen molar-refractivity contribution in [3.05, 3.63) is 59.2 Å². The second-order valence-electron chi connectivity index (χ2n) is 7.67. The van der Waals surface area contributed by atoms with E-state index in [9.17, 15) is 0 Å². The van der Waals surface area contributed by atoms with Crippen LogP contribution in [0.3, 0.4) is 0 Å². The van der Waals surface area contributed by atoms with Gasteiger partial charge < -0.3 is 29.6 Å². The standard InChI is InChI=1S/C25H35N3O4/c1-4-26-25(28-17-21-8-9-23(29-2)15-24(21)30-3)27-16-19-6-5-7-20(14-19)18-32-22-10-12-31-13-11-22/h5-9,14-15,22H,4,10-13,16-18H2,1-3H3,(H2,26,27,28). The molecule has 0 unspecified atom stereocenters. The summed E-state index contributed by atoms with van der Waals surface area (Å²) in [6, 6.07) is 14.2. The molecule has 174 valence electrons. The highest BCUT2D eigenvalue weighted by molar-refractivity contribution is 5.79. The van der Waals surface area contributed by atoms with Gasteiger partial charge in [-0.1, -0.05) is 24.3 Å². The lowest BCUT2D eigenvalue weighted by molar-refractivity contribution is -0.0390. The number of hydrogen-bond donors (Lipinski definition) is 2. The fourth-order valence-electron chi connectivity index (χ4n) is 3.56. The van der Waals surface area contributed by atoms with Gasteiger partial charge in [-0.05, 0) is 43.0 Å². The van der Waals surface area contributed by atoms with Gasteiger partial charge in [-0.2, -0.15) is 0 Å². The van der Waals surface area contributed by atoms with Crippen LogP contribution >= 0.6 is 0 Å². The molecule has 0 aromatic heterocycles. The van der Waals surface area contributed by atoms with Gasteiger partial charge in [0, 0.05) is 37.9 Å². The number of hydrogen-bond acceptors (Lipinski definition) is 5. The van der Waals surface area contributed by atoms with Crippen molar-refractivity contribution in [1.82, 2.24) is 10.6 Å². The number of aliphatic imine (C=N–C) groups is 1. The van der Waals surface area contributed by atoms with Crippen LogP contribution in [-0.2, 0) is 29.2 Å². The Balaban J connectivity index is 1.57. The van der Waals surface area contributed by atoms with E-state index in [0.717, 1.165) is 61.2 Å². The molecule has 0 bridgehead atoms. The maximum Gasteiger partial charge on any atom is 0.191 e. The van der Waals surface area contributed by atoms with Crippen LogP contribution in [0.25, 0.3) is 0 Å². The predicted octanol–water partition coefficient (Wildman–Crippen LogP) is 3.65. The van der Waals surface area contributed by atoms with E-state index in [0.29, 0.717) is 25.8 Å². The molecule has 0 atom stereocenters. The number of benzene rings is 2. The molecule has 2 N–H and O–H groups in total. The van der Waals surface area contributed by atoms with Gasteiger partial charge in [0.15, 0.2) is 5.96 Å². The summed E-state index contributed by atoms with van der Waals surface area (Å²) in [4.78, 5) is 4.75. The number of nitrogens with zero attached hydrogens (tertiary/aromatic N) is 1. The first-order valence-electron chi connectivity index (χ1n) is 11.2. The summed E-state index contributed by atoms with van der Waals surface area (Å²) >= 11 is 0. The minimum atomic E-state index is 0.296. The second-order valence-corrected chi connectivity index (χ2v) is 7.67. The number of guanidine groups is 1. The van der Waals surface area contributed by atoms with E-state index in [1.54, 1.807) is 14.2 Å². The average molecular weight is 442 g/mol. The van der Waals surface area contributed by atoms with Gasteiger partial charge in [0.2, 0.25) is 0 Å². The van der Waals surface area contributed by atoms with Gasteiger partial charge in [-0.25, -0.2) is 4.99 Å². The molecule has 1 fully saturated rings. The molecule has 32 heavy (non-hydrogen) atoms. The lowest BCUT2D eigenvalue weighted by Crippen LogP contribution is -2.36. The molecule has 1 saturated heterocycles. The van der Waals surface area contributed by atoms with Crippen molar-refractivity contribution in [3.63, 3.8) is 0 Å². The maximum atomic E-state index is 6.05. The third-order valence-electron chi connectivity index (χ3n) is 5.35. The molecule has 7 heteroatoms. The van der Waals surface area contributed by atoms with E-state index < -0.39 is 0 Å². The Hall–Kier alpha value is -2.77. The third-order valence-corrected chi connectivity index (χ3v) is 5.35. The average Bonchev–Trinajstić information content (AvgIpc) is 2.85. The highest BCUT2D eigenvalue weighted by atomic mass is 16.5. The minimum Gasteiger partial charge on any atom is -0.497 e. The van der Waals surface area contributed by atoms with Crippen LogP contribution in [0, 0.1) is 0 Å². The van der Waals surface area contributed by atoms with Crippen LogP contribution in [-0.4, -0.2) is 46.0 Å². The van der Waals surface area contributed by atoms with E-state index >= 15 is 0 Å². The van der Waals surface area contributed by atoms with Crippen LogP contribution in [0.15, 0.2) is 47.5 Å². The van der Waals surface area contributed by atoms with Crippen LogP contribution in [0.5, 0.6) is 11.5 Å². The Morgan fingerprint density at radius 1 is 1.03 bits per heavy atom. The monoisotopic (exact) mass is 441 g/mol. The zero-order chi connectivity index (χ0) is 22.6. The molecule has 0 amide bonds. The lowest BCUT2D eigenvalue weighted by Gasteiger charge is -2.22. The largest absolute Gasteiger partial charge is 0.497 e. The summed E-state index contributed by atoms with van der Waals surface area (Å²) in [7, 11) is 3.31. The molecule has 0 radical (unpaired) electrons. The molecule has 1 heterocycles. The van der Waals surface area contributed by atoms with Crippen molar-refractivity contribution in [2.45, 2.75) is 45.6 Å². The molecule has 3 rings (SSSR count). The van der Waals surface area contributed by atoms with Crippen molar-refractivity contribution in [2.24, 2.45) is 4.99 Å². The SMILES string of the molecule is CCNC(=NCc1cccc(COC2CCOCC2)c1)NCc1ccc(OC)cc1OC. The molecule has 0 spiro atoms. The van der Waals surface area contributed by atoms with Gasteiger partial charge in [-0.15, -0.1) is 0 Å². The molecule has 1 aliphatic rings. The van der Waals surface area contributed by atoms with E-state index in [1.165, 1.54) is 5.56 Å². The molecule has 2 aromatic carbocycles. The first-order valence-corrected chi connectivity index (χ1v) is 11.2. The third kappa shape index (κ3) is 7.43. The van der Waals surface area contributed by atoms with Gasteiger partial charge in [0.1, 0.15) is 11.5 Å². The summed E-state index contributed by atoms with van der Waals surface area (Å²) in [6.45, 7) is 6.23. The Kier molecular flexibility index (Phi) is 9.65. The molecule has 2 aromatic rings. The first-order chi connectivity index (χ1) is 15.7. The highest BCUT2D eigenvalue weighted by Crippen LogP contribution is 2.24. The van der Waals surface area contributed by atoms with E-state index in [2.05, 4.69) is 41.8 Å².